The Bertz CT molecular complexity index is 986. The zero-order valence-corrected chi connectivity index (χ0v) is 18.1. The molecular weight excluding hydrogens is 426 g/mol. The molecule has 0 bridgehead atoms. The normalized spacial score (nSPS) is 17.5. The maximum atomic E-state index is 12.7. The van der Waals surface area contributed by atoms with Gasteiger partial charge in [0, 0.05) is 18.2 Å². The topological polar surface area (TPSA) is 106 Å². The van der Waals surface area contributed by atoms with Crippen LogP contribution in [-0.4, -0.2) is 49.4 Å². The fraction of sp³-hybridized carbons (Fsp3) is 0.286. The summed E-state index contributed by atoms with van der Waals surface area (Å²) in [5.74, 6) is 0.0530. The van der Waals surface area contributed by atoms with Crippen molar-refractivity contribution in [3.05, 3.63) is 47.5 Å². The van der Waals surface area contributed by atoms with Gasteiger partial charge in [0.1, 0.15) is 11.4 Å². The highest BCUT2D eigenvalue weighted by Gasteiger charge is 2.49. The number of amides is 3. The van der Waals surface area contributed by atoms with Crippen LogP contribution in [0.5, 0.6) is 17.2 Å². The number of hydrogen-bond donors (Lipinski definition) is 2. The van der Waals surface area contributed by atoms with Crippen molar-refractivity contribution in [3.8, 4) is 17.2 Å². The van der Waals surface area contributed by atoms with Crippen LogP contribution in [0.1, 0.15) is 28.9 Å². The van der Waals surface area contributed by atoms with Gasteiger partial charge in [-0.1, -0.05) is 0 Å². The highest BCUT2D eigenvalue weighted by atomic mass is 35.5. The molecule has 0 spiro atoms. The van der Waals surface area contributed by atoms with E-state index in [1.165, 1.54) is 45.4 Å². The third-order valence-corrected chi connectivity index (χ3v) is 5.17. The standard InChI is InChI=1S/C21H22ClN3O6/c1-11(26)23-14-7-5-12(6-8-14)20(27)24-25-18(17(22)21(25)28)13-9-15(29-2)19(31-4)16(10-13)30-3/h5-10,17-18H,1-4H3,(H,23,26)(H,24,27)/t17-,18-/m1/s1. The van der Waals surface area contributed by atoms with E-state index in [9.17, 15) is 14.4 Å². The number of nitrogens with one attached hydrogen (secondary N) is 2. The van der Waals surface area contributed by atoms with E-state index in [-0.39, 0.29) is 5.91 Å². The first-order valence-corrected chi connectivity index (χ1v) is 9.70. The lowest BCUT2D eigenvalue weighted by atomic mass is 9.94. The summed E-state index contributed by atoms with van der Waals surface area (Å²) >= 11 is 6.26. The van der Waals surface area contributed by atoms with Gasteiger partial charge in [-0.05, 0) is 42.0 Å². The van der Waals surface area contributed by atoms with Gasteiger partial charge in [0.05, 0.1) is 21.3 Å². The van der Waals surface area contributed by atoms with Crippen LogP contribution >= 0.6 is 11.6 Å². The first kappa shape index (κ1) is 22.2. The first-order valence-electron chi connectivity index (χ1n) is 9.26. The van der Waals surface area contributed by atoms with Crippen molar-refractivity contribution < 1.29 is 28.6 Å². The zero-order valence-electron chi connectivity index (χ0n) is 17.4. The molecule has 1 aliphatic heterocycles. The van der Waals surface area contributed by atoms with E-state index in [2.05, 4.69) is 10.7 Å². The molecular formula is C21H22ClN3O6. The quantitative estimate of drug-likeness (QED) is 0.499. The smallest absolute Gasteiger partial charge is 0.269 e. The Kier molecular flexibility index (Phi) is 6.55. The molecule has 2 atom stereocenters. The summed E-state index contributed by atoms with van der Waals surface area (Å²) in [6, 6.07) is 8.98. The van der Waals surface area contributed by atoms with Gasteiger partial charge in [-0.25, -0.2) is 5.01 Å². The number of hydrogen-bond acceptors (Lipinski definition) is 6. The molecule has 2 aromatic rings. The molecule has 0 aromatic heterocycles. The van der Waals surface area contributed by atoms with E-state index in [0.29, 0.717) is 34.1 Å². The van der Waals surface area contributed by atoms with Gasteiger partial charge in [0.2, 0.25) is 11.7 Å². The fourth-order valence-corrected chi connectivity index (χ4v) is 3.61. The Hall–Kier alpha value is -3.46. The monoisotopic (exact) mass is 447 g/mol. The summed E-state index contributed by atoms with van der Waals surface area (Å²) in [6.07, 6.45) is 0. The summed E-state index contributed by atoms with van der Waals surface area (Å²) in [4.78, 5) is 36.1. The average molecular weight is 448 g/mol. The van der Waals surface area contributed by atoms with Crippen LogP contribution < -0.4 is 25.0 Å². The number of hydrazine groups is 1. The van der Waals surface area contributed by atoms with Crippen molar-refractivity contribution in [1.29, 1.82) is 0 Å². The van der Waals surface area contributed by atoms with Gasteiger partial charge in [-0.3, -0.25) is 19.8 Å². The number of alkyl halides is 1. The summed E-state index contributed by atoms with van der Waals surface area (Å²) in [7, 11) is 4.45. The number of β-lactam (4-membered cyclic amide) rings is 1. The van der Waals surface area contributed by atoms with Crippen molar-refractivity contribution in [2.24, 2.45) is 0 Å². The van der Waals surface area contributed by atoms with Crippen molar-refractivity contribution in [1.82, 2.24) is 10.4 Å². The molecule has 3 amide bonds. The molecule has 1 aliphatic rings. The number of methoxy groups -OCH3 is 3. The van der Waals surface area contributed by atoms with E-state index < -0.39 is 23.2 Å². The van der Waals surface area contributed by atoms with E-state index in [1.807, 2.05) is 0 Å². The minimum absolute atomic E-state index is 0.218. The number of anilines is 1. The number of rotatable bonds is 7. The highest BCUT2D eigenvalue weighted by Crippen LogP contribution is 2.44. The second kappa shape index (κ2) is 9.13. The summed E-state index contributed by atoms with van der Waals surface area (Å²) in [5.41, 5.74) is 4.06. The van der Waals surface area contributed by atoms with Gasteiger partial charge in [0.15, 0.2) is 11.5 Å². The van der Waals surface area contributed by atoms with E-state index in [1.54, 1.807) is 24.3 Å². The van der Waals surface area contributed by atoms with Crippen LogP contribution in [0.4, 0.5) is 5.69 Å². The van der Waals surface area contributed by atoms with E-state index in [4.69, 9.17) is 25.8 Å². The molecule has 9 nitrogen and oxygen atoms in total. The Labute approximate surface area is 184 Å². The molecule has 1 saturated heterocycles. The SMILES string of the molecule is COc1cc([C@@H]2[C@@H](Cl)C(=O)N2NC(=O)c2ccc(NC(C)=O)cc2)cc(OC)c1OC. The number of benzene rings is 2. The Balaban J connectivity index is 1.83. The van der Waals surface area contributed by atoms with Crippen LogP contribution in [0, 0.1) is 0 Å². The Morgan fingerprint density at radius 2 is 1.58 bits per heavy atom. The first-order chi connectivity index (χ1) is 14.8. The minimum atomic E-state index is -0.870. The molecule has 0 aliphatic carbocycles. The molecule has 1 heterocycles. The molecule has 0 saturated carbocycles. The highest BCUT2D eigenvalue weighted by molar-refractivity contribution is 6.33. The molecule has 0 unspecified atom stereocenters. The summed E-state index contributed by atoms with van der Waals surface area (Å²) < 4.78 is 16.0. The van der Waals surface area contributed by atoms with Crippen LogP contribution in [-0.2, 0) is 9.59 Å². The molecule has 2 aromatic carbocycles. The Morgan fingerprint density at radius 3 is 2.06 bits per heavy atom. The fourth-order valence-electron chi connectivity index (χ4n) is 3.25. The van der Waals surface area contributed by atoms with Gasteiger partial charge in [0.25, 0.3) is 11.8 Å². The third-order valence-electron chi connectivity index (χ3n) is 4.75. The second-order valence-corrected chi connectivity index (χ2v) is 7.18. The lowest BCUT2D eigenvalue weighted by molar-refractivity contribution is -0.149. The molecule has 10 heteroatoms. The van der Waals surface area contributed by atoms with Crippen molar-refractivity contribution in [2.45, 2.75) is 18.3 Å². The molecule has 0 radical (unpaired) electrons. The van der Waals surface area contributed by atoms with Crippen molar-refractivity contribution in [3.63, 3.8) is 0 Å². The molecule has 3 rings (SSSR count). The average Bonchev–Trinajstić information content (AvgIpc) is 2.77. The number of carbonyl (C=O) groups excluding carboxylic acids is 3. The lowest BCUT2D eigenvalue weighted by Gasteiger charge is -2.44. The molecule has 31 heavy (non-hydrogen) atoms. The predicted octanol–water partition coefficient (Wildman–Crippen LogP) is 2.51. The van der Waals surface area contributed by atoms with Gasteiger partial charge >= 0.3 is 0 Å². The number of nitrogens with zero attached hydrogens (tertiary/aromatic N) is 1. The molecule has 1 fully saturated rings. The maximum absolute atomic E-state index is 12.7. The lowest BCUT2D eigenvalue weighted by Crippen LogP contribution is -2.63. The molecule has 164 valence electrons. The van der Waals surface area contributed by atoms with Crippen molar-refractivity contribution in [2.75, 3.05) is 26.6 Å². The predicted molar refractivity (Wildman–Crippen MR) is 114 cm³/mol. The number of carbonyl (C=O) groups is 3. The molecule has 2 N–H and O–H groups in total. The van der Waals surface area contributed by atoms with Crippen LogP contribution in [0.15, 0.2) is 36.4 Å². The van der Waals surface area contributed by atoms with Gasteiger partial charge < -0.3 is 19.5 Å². The van der Waals surface area contributed by atoms with Crippen LogP contribution in [0.25, 0.3) is 0 Å². The van der Waals surface area contributed by atoms with Crippen LogP contribution in [0.3, 0.4) is 0 Å². The number of ether oxygens (including phenoxy) is 3. The summed E-state index contributed by atoms with van der Waals surface area (Å²) in [6.45, 7) is 1.39. The largest absolute Gasteiger partial charge is 0.493 e. The van der Waals surface area contributed by atoms with Gasteiger partial charge in [-0.15, -0.1) is 11.6 Å². The van der Waals surface area contributed by atoms with E-state index in [0.717, 1.165) is 0 Å². The van der Waals surface area contributed by atoms with Crippen molar-refractivity contribution >= 4 is 35.0 Å². The zero-order chi connectivity index (χ0) is 22.7. The van der Waals surface area contributed by atoms with Gasteiger partial charge in [-0.2, -0.15) is 0 Å². The van der Waals surface area contributed by atoms with Crippen LogP contribution in [0.2, 0.25) is 0 Å². The Morgan fingerprint density at radius 1 is 1.00 bits per heavy atom. The van der Waals surface area contributed by atoms with E-state index >= 15 is 0 Å². The maximum Gasteiger partial charge on any atom is 0.269 e. The second-order valence-electron chi connectivity index (χ2n) is 6.71. The summed E-state index contributed by atoms with van der Waals surface area (Å²) in [5, 5.41) is 2.92. The minimum Gasteiger partial charge on any atom is -0.493 e. The number of halogens is 1. The third kappa shape index (κ3) is 4.36.